The lowest BCUT2D eigenvalue weighted by Gasteiger charge is -2.11. The Kier molecular flexibility index (Phi) is 6.54. The number of carboxylic acid groups (broad SMARTS) is 1. The Morgan fingerprint density at radius 1 is 0.967 bits per heavy atom. The number of aromatic carboxylic acids is 1. The third kappa shape index (κ3) is 5.25. The summed E-state index contributed by atoms with van der Waals surface area (Å²) >= 11 is 0. The second-order valence-corrected chi connectivity index (χ2v) is 8.69. The Bertz CT molecular complexity index is 1140. The summed E-state index contributed by atoms with van der Waals surface area (Å²) in [6.07, 6.45) is 0.488. The number of sulfonamides is 1. The van der Waals surface area contributed by atoms with E-state index in [9.17, 15) is 18.3 Å². The van der Waals surface area contributed by atoms with Gasteiger partial charge in [-0.15, -0.1) is 0 Å². The van der Waals surface area contributed by atoms with Crippen LogP contribution in [0.5, 0.6) is 11.5 Å². The normalized spacial score (nSPS) is 11.3. The van der Waals surface area contributed by atoms with Gasteiger partial charge in [0, 0.05) is 6.54 Å². The van der Waals surface area contributed by atoms with E-state index in [1.165, 1.54) is 12.1 Å². The van der Waals surface area contributed by atoms with Crippen LogP contribution in [0, 0.1) is 13.8 Å². The van der Waals surface area contributed by atoms with Crippen molar-refractivity contribution in [3.8, 4) is 11.5 Å². The maximum Gasteiger partial charge on any atom is 0.336 e. The van der Waals surface area contributed by atoms with E-state index in [1.807, 2.05) is 54.6 Å². The van der Waals surface area contributed by atoms with E-state index in [4.69, 9.17) is 4.74 Å². The summed E-state index contributed by atoms with van der Waals surface area (Å²) in [5, 5.41) is 9.30. The van der Waals surface area contributed by atoms with Crippen LogP contribution < -0.4 is 9.46 Å². The molecule has 0 aliphatic rings. The molecule has 0 saturated heterocycles. The van der Waals surface area contributed by atoms with Gasteiger partial charge in [-0.05, 0) is 73.4 Å². The average Bonchev–Trinajstić information content (AvgIpc) is 2.71. The van der Waals surface area contributed by atoms with Crippen LogP contribution in [-0.2, 0) is 16.4 Å². The van der Waals surface area contributed by atoms with Crippen molar-refractivity contribution in [1.29, 1.82) is 0 Å². The molecule has 0 atom stereocenters. The zero-order valence-corrected chi connectivity index (χ0v) is 17.6. The Morgan fingerprint density at radius 3 is 2.23 bits per heavy atom. The van der Waals surface area contributed by atoms with Gasteiger partial charge in [0.1, 0.15) is 11.5 Å². The third-order valence-corrected chi connectivity index (χ3v) is 6.23. The van der Waals surface area contributed by atoms with Crippen LogP contribution in [0.15, 0.2) is 71.6 Å². The second kappa shape index (κ2) is 9.11. The van der Waals surface area contributed by atoms with Crippen LogP contribution in [0.2, 0.25) is 0 Å². The Morgan fingerprint density at radius 2 is 1.60 bits per heavy atom. The first-order valence-corrected chi connectivity index (χ1v) is 10.9. The molecule has 2 N–H and O–H groups in total. The van der Waals surface area contributed by atoms with Crippen molar-refractivity contribution in [2.24, 2.45) is 0 Å². The number of carboxylic acids is 1. The Balaban J connectivity index is 1.62. The quantitative estimate of drug-likeness (QED) is 0.561. The van der Waals surface area contributed by atoms with E-state index in [0.717, 1.165) is 11.3 Å². The van der Waals surface area contributed by atoms with Gasteiger partial charge in [0.2, 0.25) is 10.0 Å². The molecule has 0 unspecified atom stereocenters. The van der Waals surface area contributed by atoms with Crippen LogP contribution in [0.25, 0.3) is 0 Å². The highest BCUT2D eigenvalue weighted by atomic mass is 32.2. The van der Waals surface area contributed by atoms with Crippen molar-refractivity contribution in [3.05, 3.63) is 89.0 Å². The molecule has 0 aromatic heterocycles. The zero-order chi connectivity index (χ0) is 21.7. The van der Waals surface area contributed by atoms with E-state index in [-0.39, 0.29) is 17.0 Å². The topological polar surface area (TPSA) is 92.7 Å². The minimum absolute atomic E-state index is 0.00983. The highest BCUT2D eigenvalue weighted by Crippen LogP contribution is 2.22. The second-order valence-electron chi connectivity index (χ2n) is 6.92. The first-order chi connectivity index (χ1) is 14.3. The summed E-state index contributed by atoms with van der Waals surface area (Å²) in [7, 11) is -3.81. The van der Waals surface area contributed by atoms with E-state index < -0.39 is 16.0 Å². The van der Waals surface area contributed by atoms with Crippen LogP contribution in [0.1, 0.15) is 27.0 Å². The van der Waals surface area contributed by atoms with Crippen molar-refractivity contribution in [2.75, 3.05) is 6.54 Å². The Hall–Kier alpha value is -3.16. The van der Waals surface area contributed by atoms with Gasteiger partial charge < -0.3 is 9.84 Å². The molecule has 0 amide bonds. The van der Waals surface area contributed by atoms with Crippen molar-refractivity contribution in [2.45, 2.75) is 25.2 Å². The van der Waals surface area contributed by atoms with Crippen molar-refractivity contribution >= 4 is 16.0 Å². The summed E-state index contributed by atoms with van der Waals surface area (Å²) in [6.45, 7) is 3.55. The minimum Gasteiger partial charge on any atom is -0.478 e. The first-order valence-electron chi connectivity index (χ1n) is 9.42. The van der Waals surface area contributed by atoms with Gasteiger partial charge in [-0.2, -0.15) is 0 Å². The van der Waals surface area contributed by atoms with Gasteiger partial charge in [-0.3, -0.25) is 0 Å². The molecular weight excluding hydrogens is 402 g/mol. The number of hydrogen-bond acceptors (Lipinski definition) is 4. The SMILES string of the molecule is Cc1cc(S(=O)(=O)NCCc2ccc(Oc3ccccc3)cc2)cc(C(=O)O)c1C. The summed E-state index contributed by atoms with van der Waals surface area (Å²) in [5.74, 6) is 0.291. The molecule has 0 saturated carbocycles. The molecule has 0 fully saturated rings. The lowest BCUT2D eigenvalue weighted by molar-refractivity contribution is 0.0695. The van der Waals surface area contributed by atoms with Gasteiger partial charge in [0.05, 0.1) is 10.5 Å². The van der Waals surface area contributed by atoms with Gasteiger partial charge in [-0.1, -0.05) is 30.3 Å². The molecular formula is C23H23NO5S. The molecule has 3 aromatic carbocycles. The van der Waals surface area contributed by atoms with E-state index in [1.54, 1.807) is 13.8 Å². The standard InChI is InChI=1S/C23H23NO5S/c1-16-14-21(15-22(17(16)2)23(25)26)30(27,28)24-13-12-18-8-10-20(11-9-18)29-19-6-4-3-5-7-19/h3-11,14-15,24H,12-13H2,1-2H3,(H,25,26). The maximum atomic E-state index is 12.6. The zero-order valence-electron chi connectivity index (χ0n) is 16.8. The number of benzene rings is 3. The molecule has 0 bridgehead atoms. The summed E-state index contributed by atoms with van der Waals surface area (Å²) in [4.78, 5) is 11.3. The molecule has 3 rings (SSSR count). The molecule has 7 heteroatoms. The Labute approximate surface area is 176 Å². The molecule has 0 radical (unpaired) electrons. The van der Waals surface area contributed by atoms with Gasteiger partial charge >= 0.3 is 5.97 Å². The summed E-state index contributed by atoms with van der Waals surface area (Å²) in [5.41, 5.74) is 2.11. The molecule has 0 spiro atoms. The molecule has 156 valence electrons. The largest absolute Gasteiger partial charge is 0.478 e. The van der Waals surface area contributed by atoms with E-state index in [2.05, 4.69) is 4.72 Å². The maximum absolute atomic E-state index is 12.6. The van der Waals surface area contributed by atoms with Gasteiger partial charge in [-0.25, -0.2) is 17.9 Å². The van der Waals surface area contributed by atoms with Crippen LogP contribution in [-0.4, -0.2) is 26.0 Å². The fourth-order valence-corrected chi connectivity index (χ4v) is 4.11. The van der Waals surface area contributed by atoms with Crippen molar-refractivity contribution < 1.29 is 23.1 Å². The third-order valence-electron chi connectivity index (χ3n) is 4.79. The highest BCUT2D eigenvalue weighted by molar-refractivity contribution is 7.89. The number of ether oxygens (including phenoxy) is 1. The molecule has 0 heterocycles. The van der Waals surface area contributed by atoms with Crippen LogP contribution in [0.3, 0.4) is 0 Å². The van der Waals surface area contributed by atoms with Crippen molar-refractivity contribution in [1.82, 2.24) is 4.72 Å². The highest BCUT2D eigenvalue weighted by Gasteiger charge is 2.19. The number of para-hydroxylation sites is 1. The molecule has 3 aromatic rings. The number of aryl methyl sites for hydroxylation is 1. The van der Waals surface area contributed by atoms with Crippen LogP contribution in [0.4, 0.5) is 0 Å². The lowest BCUT2D eigenvalue weighted by atomic mass is 10.0. The number of nitrogens with one attached hydrogen (secondary N) is 1. The fraction of sp³-hybridized carbons (Fsp3) is 0.174. The molecule has 30 heavy (non-hydrogen) atoms. The van der Waals surface area contributed by atoms with E-state index in [0.29, 0.717) is 23.3 Å². The van der Waals surface area contributed by atoms with E-state index >= 15 is 0 Å². The summed E-state index contributed by atoms with van der Waals surface area (Å²) < 4.78 is 33.5. The number of rotatable bonds is 8. The van der Waals surface area contributed by atoms with Gasteiger partial charge in [0.25, 0.3) is 0 Å². The molecule has 0 aliphatic carbocycles. The average molecular weight is 426 g/mol. The monoisotopic (exact) mass is 425 g/mol. The lowest BCUT2D eigenvalue weighted by Crippen LogP contribution is -2.26. The first kappa shape index (κ1) is 21.5. The van der Waals surface area contributed by atoms with Crippen molar-refractivity contribution in [3.63, 3.8) is 0 Å². The molecule has 6 nitrogen and oxygen atoms in total. The van der Waals surface area contributed by atoms with Gasteiger partial charge in [0.15, 0.2) is 0 Å². The molecule has 0 aliphatic heterocycles. The number of hydrogen-bond donors (Lipinski definition) is 2. The predicted molar refractivity (Wildman–Crippen MR) is 115 cm³/mol. The number of carbonyl (C=O) groups is 1. The smallest absolute Gasteiger partial charge is 0.336 e. The minimum atomic E-state index is -3.81. The fourth-order valence-electron chi connectivity index (χ4n) is 2.97. The predicted octanol–water partition coefficient (Wildman–Crippen LogP) is 4.31. The van der Waals surface area contributed by atoms with Crippen LogP contribution >= 0.6 is 0 Å². The summed E-state index contributed by atoms with van der Waals surface area (Å²) in [6, 6.07) is 19.5.